The van der Waals surface area contributed by atoms with Gasteiger partial charge in [0.1, 0.15) is 6.04 Å². The average Bonchev–Trinajstić information content (AvgIpc) is 2.57. The SMILES string of the molecule is COC(=O)[C@@H](C)NC(=O)c1cccc(C#CCCC(=O)N(C)C)c1. The van der Waals surface area contributed by atoms with Crippen LogP contribution in [0.4, 0.5) is 0 Å². The number of benzene rings is 1. The van der Waals surface area contributed by atoms with E-state index in [1.54, 1.807) is 45.3 Å². The van der Waals surface area contributed by atoms with Gasteiger partial charge in [-0.1, -0.05) is 17.9 Å². The number of nitrogens with one attached hydrogen (secondary N) is 1. The van der Waals surface area contributed by atoms with E-state index in [1.807, 2.05) is 0 Å². The predicted molar refractivity (Wildman–Crippen MR) is 90.2 cm³/mol. The van der Waals surface area contributed by atoms with Crippen LogP contribution < -0.4 is 5.32 Å². The monoisotopic (exact) mass is 330 g/mol. The van der Waals surface area contributed by atoms with Crippen LogP contribution in [0, 0.1) is 11.8 Å². The molecule has 0 bridgehead atoms. The number of hydrogen-bond donors (Lipinski definition) is 1. The van der Waals surface area contributed by atoms with E-state index in [-0.39, 0.29) is 11.8 Å². The van der Waals surface area contributed by atoms with Gasteiger partial charge in [-0.25, -0.2) is 4.79 Å². The third-order valence-electron chi connectivity index (χ3n) is 3.22. The Kier molecular flexibility index (Phi) is 7.50. The summed E-state index contributed by atoms with van der Waals surface area (Å²) in [5.74, 6) is 4.98. The molecule has 6 heteroatoms. The van der Waals surface area contributed by atoms with Gasteiger partial charge in [0.05, 0.1) is 7.11 Å². The summed E-state index contributed by atoms with van der Waals surface area (Å²) < 4.78 is 4.57. The number of carbonyl (C=O) groups excluding carboxylic acids is 3. The Hall–Kier alpha value is -2.81. The predicted octanol–water partition coefficient (Wildman–Crippen LogP) is 1.20. The molecule has 128 valence electrons. The molecule has 0 spiro atoms. The molecule has 0 aliphatic rings. The summed E-state index contributed by atoms with van der Waals surface area (Å²) in [6, 6.07) is 6.04. The van der Waals surface area contributed by atoms with E-state index in [0.29, 0.717) is 24.0 Å². The Labute approximate surface area is 142 Å². The van der Waals surface area contributed by atoms with Crippen LogP contribution in [-0.4, -0.2) is 49.9 Å². The normalized spacial score (nSPS) is 10.8. The van der Waals surface area contributed by atoms with Gasteiger partial charge in [-0.15, -0.1) is 0 Å². The maximum Gasteiger partial charge on any atom is 0.328 e. The van der Waals surface area contributed by atoms with E-state index >= 15 is 0 Å². The molecule has 1 N–H and O–H groups in total. The highest BCUT2D eigenvalue weighted by molar-refractivity contribution is 5.96. The number of ether oxygens (including phenoxy) is 1. The van der Waals surface area contributed by atoms with Gasteiger partial charge in [-0.3, -0.25) is 9.59 Å². The van der Waals surface area contributed by atoms with Gasteiger partial charge < -0.3 is 15.0 Å². The Morgan fingerprint density at radius 1 is 1.29 bits per heavy atom. The fraction of sp³-hybridized carbons (Fsp3) is 0.389. The van der Waals surface area contributed by atoms with E-state index < -0.39 is 12.0 Å². The second-order valence-corrected chi connectivity index (χ2v) is 5.39. The number of amides is 2. The molecule has 1 atom stereocenters. The van der Waals surface area contributed by atoms with Crippen molar-refractivity contribution in [1.29, 1.82) is 0 Å². The molecule has 0 saturated heterocycles. The number of carbonyl (C=O) groups is 3. The van der Waals surface area contributed by atoms with Crippen molar-refractivity contribution >= 4 is 17.8 Å². The minimum atomic E-state index is -0.728. The van der Waals surface area contributed by atoms with Crippen LogP contribution in [0.1, 0.15) is 35.7 Å². The maximum atomic E-state index is 12.1. The summed E-state index contributed by atoms with van der Waals surface area (Å²) in [6.07, 6.45) is 0.809. The van der Waals surface area contributed by atoms with Gasteiger partial charge in [0.2, 0.25) is 5.91 Å². The van der Waals surface area contributed by atoms with Gasteiger partial charge in [-0.05, 0) is 25.1 Å². The zero-order valence-corrected chi connectivity index (χ0v) is 14.4. The van der Waals surface area contributed by atoms with Crippen LogP contribution in [0.3, 0.4) is 0 Å². The van der Waals surface area contributed by atoms with Gasteiger partial charge in [-0.2, -0.15) is 0 Å². The van der Waals surface area contributed by atoms with Crippen molar-refractivity contribution in [2.45, 2.75) is 25.8 Å². The zero-order valence-electron chi connectivity index (χ0n) is 14.4. The first-order valence-corrected chi connectivity index (χ1v) is 7.53. The van der Waals surface area contributed by atoms with Gasteiger partial charge in [0.25, 0.3) is 5.91 Å². The van der Waals surface area contributed by atoms with Crippen LogP contribution in [0.2, 0.25) is 0 Å². The topological polar surface area (TPSA) is 75.7 Å². The average molecular weight is 330 g/mol. The Bertz CT molecular complexity index is 671. The standard InChI is InChI=1S/C18H22N2O4/c1-13(18(23)24-4)19-17(22)15-10-7-9-14(12-15)8-5-6-11-16(21)20(2)3/h7,9-10,12-13H,6,11H2,1-4H3,(H,19,22)/t13-/m1/s1. The molecule has 1 rings (SSSR count). The lowest BCUT2D eigenvalue weighted by molar-refractivity contribution is -0.142. The Morgan fingerprint density at radius 3 is 2.62 bits per heavy atom. The molecule has 0 unspecified atom stereocenters. The zero-order chi connectivity index (χ0) is 18.1. The molecule has 1 aromatic carbocycles. The van der Waals surface area contributed by atoms with E-state index in [4.69, 9.17) is 0 Å². The summed E-state index contributed by atoms with van der Waals surface area (Å²) >= 11 is 0. The maximum absolute atomic E-state index is 12.1. The fourth-order valence-corrected chi connectivity index (χ4v) is 1.81. The van der Waals surface area contributed by atoms with E-state index in [1.165, 1.54) is 12.0 Å². The van der Waals surface area contributed by atoms with Gasteiger partial charge in [0, 0.05) is 38.1 Å². The minimum Gasteiger partial charge on any atom is -0.467 e. The molecule has 6 nitrogen and oxygen atoms in total. The van der Waals surface area contributed by atoms with Crippen molar-refractivity contribution in [3.05, 3.63) is 35.4 Å². The van der Waals surface area contributed by atoms with E-state index in [2.05, 4.69) is 21.9 Å². The quantitative estimate of drug-likeness (QED) is 0.650. The fourth-order valence-electron chi connectivity index (χ4n) is 1.81. The lowest BCUT2D eigenvalue weighted by Crippen LogP contribution is -2.39. The lowest BCUT2D eigenvalue weighted by atomic mass is 10.1. The van der Waals surface area contributed by atoms with Crippen molar-refractivity contribution in [2.75, 3.05) is 21.2 Å². The molecule has 0 radical (unpaired) electrons. The summed E-state index contributed by atoms with van der Waals surface area (Å²) in [6.45, 7) is 1.55. The van der Waals surface area contributed by atoms with Gasteiger partial charge >= 0.3 is 5.97 Å². The number of rotatable bonds is 5. The van der Waals surface area contributed by atoms with Crippen molar-refractivity contribution in [3.63, 3.8) is 0 Å². The summed E-state index contributed by atoms with van der Waals surface area (Å²) in [7, 11) is 4.67. The second kappa shape index (κ2) is 9.36. The summed E-state index contributed by atoms with van der Waals surface area (Å²) in [4.78, 5) is 36.4. The number of hydrogen-bond acceptors (Lipinski definition) is 4. The van der Waals surface area contributed by atoms with Crippen molar-refractivity contribution in [3.8, 4) is 11.8 Å². The number of esters is 1. The molecule has 24 heavy (non-hydrogen) atoms. The first-order chi connectivity index (χ1) is 11.3. The highest BCUT2D eigenvalue weighted by Gasteiger charge is 2.16. The Balaban J connectivity index is 2.68. The minimum absolute atomic E-state index is 0.0224. The molecule has 0 aliphatic carbocycles. The largest absolute Gasteiger partial charge is 0.467 e. The van der Waals surface area contributed by atoms with Crippen molar-refractivity contribution < 1.29 is 19.1 Å². The van der Waals surface area contributed by atoms with E-state index in [9.17, 15) is 14.4 Å². The summed E-state index contributed by atoms with van der Waals surface area (Å²) in [5, 5.41) is 2.56. The van der Waals surface area contributed by atoms with Crippen molar-refractivity contribution in [2.24, 2.45) is 0 Å². The Morgan fingerprint density at radius 2 is 2.00 bits per heavy atom. The molecule has 0 heterocycles. The molecular formula is C18H22N2O4. The third kappa shape index (κ3) is 6.13. The van der Waals surface area contributed by atoms with Crippen LogP contribution in [0.25, 0.3) is 0 Å². The molecule has 0 aromatic heterocycles. The first-order valence-electron chi connectivity index (χ1n) is 7.53. The lowest BCUT2D eigenvalue weighted by Gasteiger charge is -2.11. The second-order valence-electron chi connectivity index (χ2n) is 5.39. The van der Waals surface area contributed by atoms with Crippen LogP contribution in [-0.2, 0) is 14.3 Å². The molecule has 1 aromatic rings. The molecular weight excluding hydrogens is 308 g/mol. The van der Waals surface area contributed by atoms with Crippen LogP contribution in [0.5, 0.6) is 0 Å². The van der Waals surface area contributed by atoms with E-state index in [0.717, 1.165) is 0 Å². The molecule has 2 amide bonds. The molecule has 0 fully saturated rings. The van der Waals surface area contributed by atoms with Crippen LogP contribution in [0.15, 0.2) is 24.3 Å². The number of methoxy groups -OCH3 is 1. The number of nitrogens with zero attached hydrogens (tertiary/aromatic N) is 1. The third-order valence-corrected chi connectivity index (χ3v) is 3.22. The van der Waals surface area contributed by atoms with Crippen LogP contribution >= 0.6 is 0 Å². The highest BCUT2D eigenvalue weighted by atomic mass is 16.5. The smallest absolute Gasteiger partial charge is 0.328 e. The first kappa shape index (κ1) is 19.2. The van der Waals surface area contributed by atoms with Crippen molar-refractivity contribution in [1.82, 2.24) is 10.2 Å². The molecule has 0 saturated carbocycles. The molecule has 0 aliphatic heterocycles. The highest BCUT2D eigenvalue weighted by Crippen LogP contribution is 2.05. The van der Waals surface area contributed by atoms with Gasteiger partial charge in [0.15, 0.2) is 0 Å². The summed E-state index contributed by atoms with van der Waals surface area (Å²) in [5.41, 5.74) is 1.08.